The zero-order chi connectivity index (χ0) is 19.2. The van der Waals surface area contributed by atoms with Crippen LogP contribution in [0.15, 0.2) is 30.3 Å². The first-order valence-corrected chi connectivity index (χ1v) is 9.10. The summed E-state index contributed by atoms with van der Waals surface area (Å²) in [4.78, 5) is 38.3. The smallest absolute Gasteiger partial charge is 0.253 e. The molecule has 0 radical (unpaired) electrons. The first-order chi connectivity index (χ1) is 12.9. The summed E-state index contributed by atoms with van der Waals surface area (Å²) in [6, 6.07) is 9.53. The zero-order valence-corrected chi connectivity index (χ0v) is 15.5. The van der Waals surface area contributed by atoms with E-state index in [1.165, 1.54) is 0 Å². The van der Waals surface area contributed by atoms with E-state index in [4.69, 9.17) is 0 Å². The number of nitrogens with one attached hydrogen (secondary N) is 1. The van der Waals surface area contributed by atoms with Crippen LogP contribution < -0.4 is 5.32 Å². The molecule has 2 saturated heterocycles. The average Bonchev–Trinajstić information content (AvgIpc) is 3.26. The van der Waals surface area contributed by atoms with Crippen molar-refractivity contribution in [2.75, 3.05) is 13.1 Å². The Kier molecular flexibility index (Phi) is 4.09. The maximum absolute atomic E-state index is 12.9. The van der Waals surface area contributed by atoms with Crippen molar-refractivity contribution in [2.24, 2.45) is 5.41 Å². The van der Waals surface area contributed by atoms with E-state index in [1.807, 2.05) is 42.8 Å². The number of carbonyl (C=O) groups is 3. The predicted octanol–water partition coefficient (Wildman–Crippen LogP) is 1.43. The summed E-state index contributed by atoms with van der Waals surface area (Å²) in [5, 5.41) is 6.83. The van der Waals surface area contributed by atoms with E-state index < -0.39 is 5.41 Å². The number of imide groups is 1. The van der Waals surface area contributed by atoms with Crippen molar-refractivity contribution in [3.8, 4) is 0 Å². The Morgan fingerprint density at radius 1 is 1.26 bits per heavy atom. The van der Waals surface area contributed by atoms with Crippen molar-refractivity contribution in [3.05, 3.63) is 52.8 Å². The van der Waals surface area contributed by atoms with Crippen LogP contribution in [0.3, 0.4) is 0 Å². The minimum Gasteiger partial charge on any atom is -0.338 e. The number of amides is 3. The minimum atomic E-state index is -0.742. The van der Waals surface area contributed by atoms with Gasteiger partial charge in [0, 0.05) is 30.8 Å². The number of hydrogen-bond acceptors (Lipinski definition) is 4. The molecule has 2 aromatic rings. The molecular weight excluding hydrogens is 344 g/mol. The largest absolute Gasteiger partial charge is 0.338 e. The molecule has 1 aromatic heterocycles. The highest BCUT2D eigenvalue weighted by molar-refractivity contribution is 6.06. The number of hydrogen-bond donors (Lipinski definition) is 1. The lowest BCUT2D eigenvalue weighted by atomic mass is 9.85. The summed E-state index contributed by atoms with van der Waals surface area (Å²) in [7, 11) is 0. The molecule has 4 rings (SSSR count). The van der Waals surface area contributed by atoms with E-state index in [2.05, 4.69) is 10.4 Å². The lowest BCUT2D eigenvalue weighted by Gasteiger charge is -2.20. The summed E-state index contributed by atoms with van der Waals surface area (Å²) >= 11 is 0. The maximum Gasteiger partial charge on any atom is 0.253 e. The van der Waals surface area contributed by atoms with Crippen LogP contribution >= 0.6 is 0 Å². The second-order valence-electron chi connectivity index (χ2n) is 7.60. The van der Waals surface area contributed by atoms with Gasteiger partial charge in [0.2, 0.25) is 11.8 Å². The molecule has 2 aliphatic rings. The van der Waals surface area contributed by atoms with E-state index in [0.717, 1.165) is 17.0 Å². The second kappa shape index (κ2) is 6.33. The molecule has 3 heterocycles. The number of aromatic nitrogens is 2. The van der Waals surface area contributed by atoms with E-state index in [-0.39, 0.29) is 24.1 Å². The molecule has 1 aromatic carbocycles. The van der Waals surface area contributed by atoms with Crippen LogP contribution in [0, 0.1) is 19.3 Å². The Hall–Kier alpha value is -2.96. The molecule has 2 aliphatic heterocycles. The topological polar surface area (TPSA) is 84.3 Å². The number of nitrogens with zero attached hydrogens (tertiary/aromatic N) is 3. The van der Waals surface area contributed by atoms with Crippen LogP contribution in [0.25, 0.3) is 0 Å². The van der Waals surface area contributed by atoms with E-state index >= 15 is 0 Å². The van der Waals surface area contributed by atoms with Gasteiger partial charge in [-0.25, -0.2) is 0 Å². The minimum absolute atomic E-state index is 0.103. The Morgan fingerprint density at radius 3 is 2.74 bits per heavy atom. The molecule has 1 spiro atoms. The van der Waals surface area contributed by atoms with E-state index in [1.54, 1.807) is 11.0 Å². The standard InChI is InChI=1S/C20H22N4O3/c1-13-8-14(2)24(22-13)11-15-4-3-5-16(9-15)18(26)23-7-6-20(12-23)10-17(25)21-19(20)27/h3-5,8-9H,6-7,10-12H2,1-2H3,(H,21,25,27)/t20-/m0/s1. The quantitative estimate of drug-likeness (QED) is 0.833. The molecule has 7 heteroatoms. The van der Waals surface area contributed by atoms with Crippen molar-refractivity contribution in [1.29, 1.82) is 0 Å². The first kappa shape index (κ1) is 17.5. The molecule has 0 saturated carbocycles. The zero-order valence-electron chi connectivity index (χ0n) is 15.5. The molecule has 2 fully saturated rings. The Bertz CT molecular complexity index is 948. The highest BCUT2D eigenvalue weighted by Gasteiger charge is 2.51. The van der Waals surface area contributed by atoms with Crippen LogP contribution in [0.5, 0.6) is 0 Å². The van der Waals surface area contributed by atoms with Crippen LogP contribution in [0.1, 0.15) is 40.2 Å². The lowest BCUT2D eigenvalue weighted by Crippen LogP contribution is -2.36. The fourth-order valence-corrected chi connectivity index (χ4v) is 4.06. The van der Waals surface area contributed by atoms with E-state index in [9.17, 15) is 14.4 Å². The molecular formula is C20H22N4O3. The molecule has 0 unspecified atom stereocenters. The summed E-state index contributed by atoms with van der Waals surface area (Å²) in [6.07, 6.45) is 0.704. The first-order valence-electron chi connectivity index (χ1n) is 9.10. The number of benzene rings is 1. The van der Waals surface area contributed by atoms with Crippen molar-refractivity contribution in [3.63, 3.8) is 0 Å². The molecule has 27 heavy (non-hydrogen) atoms. The Morgan fingerprint density at radius 2 is 2.07 bits per heavy atom. The van der Waals surface area contributed by atoms with Gasteiger partial charge in [0.15, 0.2) is 0 Å². The third-order valence-corrected chi connectivity index (χ3v) is 5.48. The van der Waals surface area contributed by atoms with Crippen molar-refractivity contribution in [1.82, 2.24) is 20.0 Å². The van der Waals surface area contributed by atoms with Crippen LogP contribution in [0.2, 0.25) is 0 Å². The van der Waals surface area contributed by atoms with Gasteiger partial charge in [-0.15, -0.1) is 0 Å². The van der Waals surface area contributed by atoms with Crippen LogP contribution in [-0.4, -0.2) is 45.5 Å². The van der Waals surface area contributed by atoms with E-state index in [0.29, 0.717) is 31.6 Å². The van der Waals surface area contributed by atoms with Crippen molar-refractivity contribution < 1.29 is 14.4 Å². The molecule has 7 nitrogen and oxygen atoms in total. The van der Waals surface area contributed by atoms with Gasteiger partial charge in [0.25, 0.3) is 5.91 Å². The fraction of sp³-hybridized carbons (Fsp3) is 0.400. The second-order valence-corrected chi connectivity index (χ2v) is 7.60. The molecule has 0 aliphatic carbocycles. The Balaban J connectivity index is 1.51. The molecule has 140 valence electrons. The molecule has 0 bridgehead atoms. The van der Waals surface area contributed by atoms with Gasteiger partial charge >= 0.3 is 0 Å². The normalized spacial score (nSPS) is 21.9. The van der Waals surface area contributed by atoms with Gasteiger partial charge in [0.1, 0.15) is 0 Å². The highest BCUT2D eigenvalue weighted by Crippen LogP contribution is 2.38. The highest BCUT2D eigenvalue weighted by atomic mass is 16.2. The predicted molar refractivity (Wildman–Crippen MR) is 98.0 cm³/mol. The van der Waals surface area contributed by atoms with Gasteiger partial charge in [-0.2, -0.15) is 5.10 Å². The third-order valence-electron chi connectivity index (χ3n) is 5.48. The fourth-order valence-electron chi connectivity index (χ4n) is 4.06. The molecule has 3 amide bonds. The van der Waals surface area contributed by atoms with Gasteiger partial charge in [-0.3, -0.25) is 24.4 Å². The van der Waals surface area contributed by atoms with Gasteiger partial charge < -0.3 is 4.90 Å². The third kappa shape index (κ3) is 3.13. The SMILES string of the molecule is Cc1cc(C)n(Cc2cccc(C(=O)N3CC[C@]4(CC(=O)NC4=O)C3)c2)n1. The molecule has 1 N–H and O–H groups in total. The number of aryl methyl sites for hydroxylation is 2. The van der Waals surface area contributed by atoms with Crippen molar-refractivity contribution in [2.45, 2.75) is 33.2 Å². The monoisotopic (exact) mass is 366 g/mol. The number of rotatable bonds is 3. The number of likely N-dealkylation sites (tertiary alicyclic amines) is 1. The summed E-state index contributed by atoms with van der Waals surface area (Å²) in [5.74, 6) is -0.600. The van der Waals surface area contributed by atoms with Gasteiger partial charge in [-0.05, 0) is 44.0 Å². The summed E-state index contributed by atoms with van der Waals surface area (Å²) < 4.78 is 1.91. The van der Waals surface area contributed by atoms with Crippen LogP contribution in [-0.2, 0) is 16.1 Å². The molecule has 1 atom stereocenters. The van der Waals surface area contributed by atoms with Crippen molar-refractivity contribution >= 4 is 17.7 Å². The summed E-state index contributed by atoms with van der Waals surface area (Å²) in [5.41, 5.74) is 2.88. The van der Waals surface area contributed by atoms with Gasteiger partial charge in [0.05, 0.1) is 17.7 Å². The average molecular weight is 366 g/mol. The maximum atomic E-state index is 12.9. The van der Waals surface area contributed by atoms with Gasteiger partial charge in [-0.1, -0.05) is 12.1 Å². The summed E-state index contributed by atoms with van der Waals surface area (Å²) in [6.45, 7) is 5.34. The lowest BCUT2D eigenvalue weighted by molar-refractivity contribution is -0.128. The van der Waals surface area contributed by atoms with Crippen LogP contribution in [0.4, 0.5) is 0 Å². The Labute approximate surface area is 157 Å². The number of carbonyl (C=O) groups excluding carboxylic acids is 3.